The molecule has 3 aromatic rings. The second-order valence-electron chi connectivity index (χ2n) is 11.8. The van der Waals surface area contributed by atoms with Crippen molar-refractivity contribution in [2.75, 3.05) is 11.4 Å². The van der Waals surface area contributed by atoms with Gasteiger partial charge in [0.2, 0.25) is 23.5 Å². The molecule has 0 radical (unpaired) electrons. The predicted octanol–water partition coefficient (Wildman–Crippen LogP) is 0.283. The van der Waals surface area contributed by atoms with Gasteiger partial charge in [-0.25, -0.2) is 0 Å². The molecule has 49 heavy (non-hydrogen) atoms. The monoisotopic (exact) mass is 674 g/mol. The third kappa shape index (κ3) is 9.62. The molecule has 0 spiro atoms. The number of anilines is 1. The maximum absolute atomic E-state index is 13.7. The van der Waals surface area contributed by atoms with Crippen molar-refractivity contribution in [2.45, 2.75) is 64.6 Å². The minimum absolute atomic E-state index is 0.00986. The van der Waals surface area contributed by atoms with E-state index in [0.29, 0.717) is 23.2 Å². The molecule has 1 unspecified atom stereocenters. The third-order valence-corrected chi connectivity index (χ3v) is 8.35. The number of carbonyl (C=O) groups excluding carboxylic acids is 6. The van der Waals surface area contributed by atoms with Gasteiger partial charge >= 0.3 is 5.97 Å². The Balaban J connectivity index is 1.44. The van der Waals surface area contributed by atoms with E-state index in [1.54, 1.807) is 54.6 Å². The Morgan fingerprint density at radius 3 is 2.37 bits per heavy atom. The van der Waals surface area contributed by atoms with Crippen molar-refractivity contribution in [3.05, 3.63) is 71.5 Å². The lowest BCUT2D eigenvalue weighted by molar-refractivity contribution is -0.144. The van der Waals surface area contributed by atoms with Gasteiger partial charge in [0.25, 0.3) is 5.91 Å². The second-order valence-corrected chi connectivity index (χ2v) is 11.8. The fraction of sp³-hybridized carbons (Fsp3) is 0.394. The first kappa shape index (κ1) is 36.0. The number of aromatic nitrogens is 4. The molecular formula is C33H38N8O8. The van der Waals surface area contributed by atoms with E-state index in [1.807, 2.05) is 13.8 Å². The van der Waals surface area contributed by atoms with Crippen molar-refractivity contribution in [1.29, 1.82) is 0 Å². The number of H-pyrrole nitrogens is 1. The number of aliphatic carboxylic acids is 1. The third-order valence-electron chi connectivity index (χ3n) is 8.35. The van der Waals surface area contributed by atoms with E-state index in [0.717, 1.165) is 0 Å². The van der Waals surface area contributed by atoms with Crippen LogP contribution < -0.4 is 20.9 Å². The molecule has 1 aliphatic heterocycles. The summed E-state index contributed by atoms with van der Waals surface area (Å²) >= 11 is 0. The Bertz CT molecular complexity index is 1680. The van der Waals surface area contributed by atoms with Gasteiger partial charge in [0.05, 0.1) is 19.4 Å². The van der Waals surface area contributed by atoms with Gasteiger partial charge in [-0.2, -0.15) is 5.21 Å². The quantitative estimate of drug-likeness (QED) is 0.122. The highest BCUT2D eigenvalue weighted by Gasteiger charge is 2.40. The Morgan fingerprint density at radius 1 is 0.980 bits per heavy atom. The molecule has 1 aromatic heterocycles. The number of nitrogens with zero attached hydrogens (tertiary/aromatic N) is 4. The Kier molecular flexibility index (Phi) is 12.4. The molecule has 1 aliphatic rings. The molecule has 4 amide bonds. The number of aromatic amines is 1. The van der Waals surface area contributed by atoms with Crippen LogP contribution in [0.25, 0.3) is 0 Å². The highest BCUT2D eigenvalue weighted by Crippen LogP contribution is 2.32. The number of ketones is 2. The molecule has 4 rings (SSSR count). The standard InChI is InChI=1S/C33H38N8O8/c1-3-19(2)23(14-22(42)15-27-37-39-40-38-27)31(47)35-18-28(43)41-25-12-8-7-11-21(25)13-26(41)32(48)36-24(16-29(44)45)30(46)33(49)34-17-20-9-5-4-6-10-20/h4-12,19,23-24,26H,3,13-18H2,1-2H3,(H,34,49)(H,35,47)(H,36,48)(H,44,45)(H,37,38,39,40)/t19-,23-,24?,26-/m0/s1. The number of tetrazole rings is 1. The lowest BCUT2D eigenvalue weighted by Gasteiger charge is -2.27. The van der Waals surface area contributed by atoms with Gasteiger partial charge in [-0.05, 0) is 23.1 Å². The summed E-state index contributed by atoms with van der Waals surface area (Å²) in [6, 6.07) is 12.6. The lowest BCUT2D eigenvalue weighted by atomic mass is 9.86. The van der Waals surface area contributed by atoms with E-state index in [4.69, 9.17) is 0 Å². The van der Waals surface area contributed by atoms with Crippen molar-refractivity contribution in [3.63, 3.8) is 0 Å². The number of carboxylic acid groups (broad SMARTS) is 1. The minimum atomic E-state index is -1.71. The molecule has 0 saturated carbocycles. The zero-order chi connectivity index (χ0) is 35.5. The molecule has 0 saturated heterocycles. The number of para-hydroxylation sites is 1. The first-order valence-electron chi connectivity index (χ1n) is 15.8. The summed E-state index contributed by atoms with van der Waals surface area (Å²) < 4.78 is 0. The van der Waals surface area contributed by atoms with E-state index in [2.05, 4.69) is 36.6 Å². The molecule has 16 heteroatoms. The van der Waals surface area contributed by atoms with Crippen LogP contribution in [0.5, 0.6) is 0 Å². The fourth-order valence-electron chi connectivity index (χ4n) is 5.55. The van der Waals surface area contributed by atoms with E-state index in [-0.39, 0.29) is 43.3 Å². The van der Waals surface area contributed by atoms with E-state index in [1.165, 1.54) is 4.90 Å². The van der Waals surface area contributed by atoms with E-state index >= 15 is 0 Å². The molecule has 2 heterocycles. The number of hydrogen-bond donors (Lipinski definition) is 5. The zero-order valence-corrected chi connectivity index (χ0v) is 27.0. The van der Waals surface area contributed by atoms with Crippen LogP contribution in [0.2, 0.25) is 0 Å². The van der Waals surface area contributed by atoms with E-state index < -0.39 is 66.3 Å². The number of benzene rings is 2. The normalized spacial score (nSPS) is 15.3. The van der Waals surface area contributed by atoms with Crippen LogP contribution in [-0.4, -0.2) is 85.5 Å². The van der Waals surface area contributed by atoms with Gasteiger partial charge in [0, 0.05) is 31.0 Å². The molecule has 16 nitrogen and oxygen atoms in total. The summed E-state index contributed by atoms with van der Waals surface area (Å²) in [5.41, 5.74) is 1.74. The average molecular weight is 675 g/mol. The van der Waals surface area contributed by atoms with Crippen molar-refractivity contribution in [1.82, 2.24) is 36.6 Å². The van der Waals surface area contributed by atoms with Gasteiger partial charge in [-0.15, -0.1) is 10.2 Å². The molecule has 258 valence electrons. The van der Waals surface area contributed by atoms with Crippen LogP contribution in [0.4, 0.5) is 5.69 Å². The number of Topliss-reactive ketones (excluding diaryl/α,β-unsaturated/α-hetero) is 2. The van der Waals surface area contributed by atoms with Crippen LogP contribution in [0, 0.1) is 11.8 Å². The van der Waals surface area contributed by atoms with Crippen LogP contribution in [0.1, 0.15) is 50.1 Å². The fourth-order valence-corrected chi connectivity index (χ4v) is 5.55. The van der Waals surface area contributed by atoms with Gasteiger partial charge in [-0.3, -0.25) is 38.5 Å². The number of carbonyl (C=O) groups is 7. The maximum atomic E-state index is 13.7. The van der Waals surface area contributed by atoms with Crippen LogP contribution in [0.3, 0.4) is 0 Å². The second kappa shape index (κ2) is 16.9. The lowest BCUT2D eigenvalue weighted by Crippen LogP contribution is -2.56. The molecule has 0 aliphatic carbocycles. The Morgan fingerprint density at radius 2 is 1.69 bits per heavy atom. The van der Waals surface area contributed by atoms with Crippen LogP contribution >= 0.6 is 0 Å². The molecule has 0 fully saturated rings. The average Bonchev–Trinajstić information content (AvgIpc) is 3.75. The number of rotatable bonds is 17. The Labute approximate surface area is 281 Å². The first-order chi connectivity index (χ1) is 23.5. The topological polar surface area (TPSA) is 234 Å². The van der Waals surface area contributed by atoms with Crippen molar-refractivity contribution in [2.24, 2.45) is 11.8 Å². The molecule has 4 atom stereocenters. The number of fused-ring (bicyclic) bond motifs is 1. The van der Waals surface area contributed by atoms with Gasteiger partial charge in [0.1, 0.15) is 17.9 Å². The SMILES string of the molecule is CC[C@H](C)[C@H](CC(=O)Cc1nn[nH]n1)C(=O)NCC(=O)N1c2ccccc2C[C@H]1C(=O)NC(CC(=O)O)C(=O)C(=O)NCc1ccccc1. The Hall–Kier alpha value is -5.80. The molecular weight excluding hydrogens is 636 g/mol. The highest BCUT2D eigenvalue weighted by molar-refractivity contribution is 6.38. The van der Waals surface area contributed by atoms with Crippen LogP contribution in [0.15, 0.2) is 54.6 Å². The maximum Gasteiger partial charge on any atom is 0.305 e. The predicted molar refractivity (Wildman–Crippen MR) is 172 cm³/mol. The van der Waals surface area contributed by atoms with Crippen molar-refractivity contribution in [3.8, 4) is 0 Å². The first-order valence-corrected chi connectivity index (χ1v) is 15.8. The highest BCUT2D eigenvalue weighted by atomic mass is 16.4. The van der Waals surface area contributed by atoms with Gasteiger partial charge < -0.3 is 21.1 Å². The summed E-state index contributed by atoms with van der Waals surface area (Å²) in [6.07, 6.45) is -0.467. The van der Waals surface area contributed by atoms with Gasteiger partial charge in [0.15, 0.2) is 5.82 Å². The number of nitrogens with one attached hydrogen (secondary N) is 4. The largest absolute Gasteiger partial charge is 0.481 e. The number of carboxylic acids is 1. The zero-order valence-electron chi connectivity index (χ0n) is 27.0. The summed E-state index contributed by atoms with van der Waals surface area (Å²) in [7, 11) is 0. The van der Waals surface area contributed by atoms with Crippen molar-refractivity contribution < 1.29 is 38.7 Å². The minimum Gasteiger partial charge on any atom is -0.481 e. The summed E-state index contributed by atoms with van der Waals surface area (Å²) in [5.74, 6) is -6.72. The molecule has 2 aromatic carbocycles. The summed E-state index contributed by atoms with van der Waals surface area (Å²) in [4.78, 5) is 91.8. The summed E-state index contributed by atoms with van der Waals surface area (Å²) in [6.45, 7) is 3.19. The number of hydrogen-bond acceptors (Lipinski definition) is 10. The summed E-state index contributed by atoms with van der Waals surface area (Å²) in [5, 5.41) is 30.1. The van der Waals surface area contributed by atoms with Gasteiger partial charge in [-0.1, -0.05) is 74.0 Å². The smallest absolute Gasteiger partial charge is 0.305 e. The number of amides is 4. The molecule has 0 bridgehead atoms. The van der Waals surface area contributed by atoms with E-state index in [9.17, 15) is 38.7 Å². The van der Waals surface area contributed by atoms with Crippen LogP contribution in [-0.2, 0) is 52.9 Å². The molecule has 5 N–H and O–H groups in total. The van der Waals surface area contributed by atoms with Crippen molar-refractivity contribution >= 4 is 46.9 Å².